The predicted octanol–water partition coefficient (Wildman–Crippen LogP) is 5.68. The lowest BCUT2D eigenvalue weighted by molar-refractivity contribution is 0.589. The molecule has 0 saturated heterocycles. The lowest BCUT2D eigenvalue weighted by atomic mass is 9.98. The molecule has 0 amide bonds. The van der Waals surface area contributed by atoms with Crippen molar-refractivity contribution in [2.75, 3.05) is 7.05 Å². The van der Waals surface area contributed by atoms with E-state index < -0.39 is 0 Å². The maximum Gasteiger partial charge on any atom is 0.0406 e. The Morgan fingerprint density at radius 3 is 2.35 bits per heavy atom. The summed E-state index contributed by atoms with van der Waals surface area (Å²) in [6, 6.07) is 12.6. The van der Waals surface area contributed by atoms with Crippen LogP contribution in [0.5, 0.6) is 0 Å². The molecule has 0 fully saturated rings. The highest BCUT2D eigenvalue weighted by molar-refractivity contribution is 9.11. The van der Waals surface area contributed by atoms with Gasteiger partial charge in [-0.2, -0.15) is 0 Å². The first-order chi connectivity index (χ1) is 9.51. The minimum Gasteiger partial charge on any atom is -0.313 e. The van der Waals surface area contributed by atoms with Crippen molar-refractivity contribution in [3.63, 3.8) is 0 Å². The quantitative estimate of drug-likeness (QED) is 0.675. The molecule has 0 saturated carbocycles. The highest BCUT2D eigenvalue weighted by Crippen LogP contribution is 2.31. The van der Waals surface area contributed by atoms with Crippen molar-refractivity contribution in [1.29, 1.82) is 0 Å². The molecule has 0 aliphatic carbocycles. The van der Waals surface area contributed by atoms with E-state index >= 15 is 0 Å². The number of aryl methyl sites for hydroxylation is 1. The normalized spacial score (nSPS) is 12.4. The maximum absolute atomic E-state index is 5.93. The van der Waals surface area contributed by atoms with E-state index in [1.165, 1.54) is 16.7 Å². The molecule has 0 spiro atoms. The van der Waals surface area contributed by atoms with E-state index in [1.807, 2.05) is 19.2 Å². The van der Waals surface area contributed by atoms with Gasteiger partial charge in [-0.1, -0.05) is 55.6 Å². The number of hydrogen-bond donors (Lipinski definition) is 1. The number of hydrogen-bond acceptors (Lipinski definition) is 1. The second kappa shape index (κ2) is 7.08. The highest BCUT2D eigenvalue weighted by atomic mass is 79.9. The summed E-state index contributed by atoms with van der Waals surface area (Å²) < 4.78 is 2.26. The molecule has 1 nitrogen and oxygen atoms in total. The zero-order chi connectivity index (χ0) is 14.7. The molecule has 20 heavy (non-hydrogen) atoms. The Balaban J connectivity index is 2.28. The van der Waals surface area contributed by atoms with E-state index in [9.17, 15) is 0 Å². The Kier molecular flexibility index (Phi) is 5.67. The van der Waals surface area contributed by atoms with Gasteiger partial charge in [0.1, 0.15) is 0 Å². The fraction of sp³-hybridized carbons (Fsp3) is 0.250. The van der Waals surface area contributed by atoms with Gasteiger partial charge in [0.15, 0.2) is 0 Å². The molecular weight excluding hydrogens is 401 g/mol. The summed E-state index contributed by atoms with van der Waals surface area (Å²) in [7, 11) is 1.99. The number of nitrogens with one attached hydrogen (secondary N) is 1. The van der Waals surface area contributed by atoms with Crippen LogP contribution in [0.2, 0.25) is 5.02 Å². The second-order valence-corrected chi connectivity index (χ2v) is 6.94. The van der Waals surface area contributed by atoms with Crippen LogP contribution in [0, 0.1) is 6.92 Å². The number of benzene rings is 2. The minimum absolute atomic E-state index is 0.252. The maximum atomic E-state index is 5.93. The molecule has 1 N–H and O–H groups in total. The van der Waals surface area contributed by atoms with E-state index in [-0.39, 0.29) is 6.04 Å². The number of likely N-dealkylation sites (N-methyl/N-ethyl adjacent to an activating group) is 1. The third kappa shape index (κ3) is 3.85. The molecule has 4 heteroatoms. The van der Waals surface area contributed by atoms with Crippen LogP contribution < -0.4 is 5.32 Å². The minimum atomic E-state index is 0.252. The van der Waals surface area contributed by atoms with Crippen LogP contribution in [0.4, 0.5) is 0 Å². The lowest BCUT2D eigenvalue weighted by Crippen LogP contribution is -2.19. The van der Waals surface area contributed by atoms with Crippen molar-refractivity contribution in [3.05, 3.63) is 67.1 Å². The molecule has 2 aromatic carbocycles. The van der Waals surface area contributed by atoms with Crippen LogP contribution in [0.25, 0.3) is 0 Å². The summed E-state index contributed by atoms with van der Waals surface area (Å²) in [6.07, 6.45) is 0.918. The fourth-order valence-electron chi connectivity index (χ4n) is 2.15. The Morgan fingerprint density at radius 2 is 1.75 bits per heavy atom. The summed E-state index contributed by atoms with van der Waals surface area (Å²) in [5.41, 5.74) is 3.74. The van der Waals surface area contributed by atoms with Crippen molar-refractivity contribution in [3.8, 4) is 0 Å². The topological polar surface area (TPSA) is 12.0 Å². The molecule has 0 bridgehead atoms. The molecule has 2 aromatic rings. The number of halogens is 3. The van der Waals surface area contributed by atoms with Crippen molar-refractivity contribution < 1.29 is 0 Å². The van der Waals surface area contributed by atoms with Crippen molar-refractivity contribution in [1.82, 2.24) is 5.32 Å². The van der Waals surface area contributed by atoms with E-state index in [0.717, 1.165) is 20.4 Å². The SMILES string of the molecule is CNC(Cc1ccc(Cl)cc1)c1cc(Br)c(C)cc1Br. The van der Waals surface area contributed by atoms with Crippen LogP contribution in [-0.4, -0.2) is 7.05 Å². The van der Waals surface area contributed by atoms with E-state index in [1.54, 1.807) is 0 Å². The van der Waals surface area contributed by atoms with Crippen molar-refractivity contribution in [2.45, 2.75) is 19.4 Å². The zero-order valence-corrected chi connectivity index (χ0v) is 15.3. The molecule has 0 radical (unpaired) electrons. The molecule has 2 rings (SSSR count). The van der Waals surface area contributed by atoms with Crippen molar-refractivity contribution in [2.24, 2.45) is 0 Å². The summed E-state index contributed by atoms with van der Waals surface area (Å²) in [5, 5.41) is 4.16. The van der Waals surface area contributed by atoms with Gasteiger partial charge in [-0.3, -0.25) is 0 Å². The standard InChI is InChI=1S/C16H16Br2ClN/c1-10-7-15(18)13(9-14(10)17)16(20-2)8-11-3-5-12(19)6-4-11/h3-7,9,16,20H,8H2,1-2H3. The zero-order valence-electron chi connectivity index (χ0n) is 11.4. The molecule has 1 atom stereocenters. The number of rotatable bonds is 4. The van der Waals surface area contributed by atoms with Gasteiger partial charge in [-0.15, -0.1) is 0 Å². The monoisotopic (exact) mass is 415 g/mol. The second-order valence-electron chi connectivity index (χ2n) is 4.79. The Bertz CT molecular complexity index is 596. The first-order valence-corrected chi connectivity index (χ1v) is 8.35. The van der Waals surface area contributed by atoms with Gasteiger partial charge < -0.3 is 5.32 Å². The third-order valence-corrected chi connectivity index (χ3v) is 5.15. The summed E-state index contributed by atoms with van der Waals surface area (Å²) in [6.45, 7) is 2.09. The molecule has 1 unspecified atom stereocenters. The predicted molar refractivity (Wildman–Crippen MR) is 93.5 cm³/mol. The first kappa shape index (κ1) is 16.0. The average molecular weight is 418 g/mol. The van der Waals surface area contributed by atoms with Gasteiger partial charge in [-0.05, 0) is 61.3 Å². The molecule has 0 aromatic heterocycles. The first-order valence-electron chi connectivity index (χ1n) is 6.38. The molecule has 0 heterocycles. The van der Waals surface area contributed by atoms with E-state index in [4.69, 9.17) is 11.6 Å². The summed E-state index contributed by atoms with van der Waals surface area (Å²) in [4.78, 5) is 0. The van der Waals surface area contributed by atoms with Gasteiger partial charge in [0.25, 0.3) is 0 Å². The summed E-state index contributed by atoms with van der Waals surface area (Å²) >= 11 is 13.2. The molecule has 0 aliphatic rings. The van der Waals surface area contributed by atoms with Gasteiger partial charge in [-0.25, -0.2) is 0 Å². The van der Waals surface area contributed by atoms with Gasteiger partial charge in [0, 0.05) is 20.0 Å². The van der Waals surface area contributed by atoms with E-state index in [2.05, 4.69) is 68.4 Å². The Hall–Kier alpha value is -0.350. The van der Waals surface area contributed by atoms with Gasteiger partial charge >= 0.3 is 0 Å². The van der Waals surface area contributed by atoms with Crippen LogP contribution in [0.1, 0.15) is 22.7 Å². The lowest BCUT2D eigenvalue weighted by Gasteiger charge is -2.19. The van der Waals surface area contributed by atoms with Crippen LogP contribution in [0.15, 0.2) is 45.3 Å². The van der Waals surface area contributed by atoms with Gasteiger partial charge in [0.05, 0.1) is 0 Å². The van der Waals surface area contributed by atoms with Crippen molar-refractivity contribution >= 4 is 43.5 Å². The Labute approximate surface area is 142 Å². The van der Waals surface area contributed by atoms with Gasteiger partial charge in [0.2, 0.25) is 0 Å². The summed E-state index contributed by atoms with van der Waals surface area (Å²) in [5.74, 6) is 0. The largest absolute Gasteiger partial charge is 0.313 e. The highest BCUT2D eigenvalue weighted by Gasteiger charge is 2.15. The van der Waals surface area contributed by atoms with E-state index in [0.29, 0.717) is 0 Å². The average Bonchev–Trinajstić information content (AvgIpc) is 2.43. The molecule has 106 valence electrons. The van der Waals surface area contributed by atoms with Crippen LogP contribution in [-0.2, 0) is 6.42 Å². The van der Waals surface area contributed by atoms with Crippen LogP contribution >= 0.6 is 43.5 Å². The molecular formula is C16H16Br2ClN. The smallest absolute Gasteiger partial charge is 0.0406 e. The molecule has 0 aliphatic heterocycles. The van der Waals surface area contributed by atoms with Crippen LogP contribution in [0.3, 0.4) is 0 Å². The Morgan fingerprint density at radius 1 is 1.10 bits per heavy atom. The fourth-order valence-corrected chi connectivity index (χ4v) is 3.37. The third-order valence-electron chi connectivity index (χ3n) is 3.35.